The van der Waals surface area contributed by atoms with E-state index in [0.717, 1.165) is 27.9 Å². The average molecular weight is 375 g/mol. The first-order valence-corrected chi connectivity index (χ1v) is 8.13. The third-order valence-electron chi connectivity index (χ3n) is 3.84. The van der Waals surface area contributed by atoms with E-state index < -0.39 is 5.60 Å². The van der Waals surface area contributed by atoms with Crippen molar-refractivity contribution in [3.63, 3.8) is 0 Å². The predicted octanol–water partition coefficient (Wildman–Crippen LogP) is 3.59. The van der Waals surface area contributed by atoms with E-state index in [9.17, 15) is 0 Å². The third kappa shape index (κ3) is 2.86. The lowest BCUT2D eigenvalue weighted by Gasteiger charge is -2.30. The topological polar surface area (TPSA) is 61.0 Å². The minimum absolute atomic E-state index is 0.392. The summed E-state index contributed by atoms with van der Waals surface area (Å²) in [6.07, 6.45) is 4.15. The summed E-state index contributed by atoms with van der Waals surface area (Å²) >= 11 is 2.26. The summed E-state index contributed by atoms with van der Waals surface area (Å²) in [5.74, 6) is 1.93. The van der Waals surface area contributed by atoms with Crippen LogP contribution in [-0.2, 0) is 10.3 Å². The van der Waals surface area contributed by atoms with Gasteiger partial charge in [-0.1, -0.05) is 13.8 Å². The highest BCUT2D eigenvalue weighted by Gasteiger charge is 2.36. The molecule has 1 heterocycles. The monoisotopic (exact) mass is 375 g/mol. The summed E-state index contributed by atoms with van der Waals surface area (Å²) in [6.45, 7) is 6.91. The Kier molecular flexibility index (Phi) is 4.66. The van der Waals surface area contributed by atoms with Gasteiger partial charge in [-0.25, -0.2) is 9.97 Å². The summed E-state index contributed by atoms with van der Waals surface area (Å²) in [7, 11) is 0. The van der Waals surface area contributed by atoms with Gasteiger partial charge < -0.3 is 10.5 Å². The summed E-state index contributed by atoms with van der Waals surface area (Å²) in [5, 5.41) is 0. The molecule has 1 aromatic rings. The second-order valence-corrected chi connectivity index (χ2v) is 6.12. The molecule has 1 saturated carbocycles. The Hall–Kier alpha value is -0.430. The molecule has 1 aromatic heterocycles. The van der Waals surface area contributed by atoms with Gasteiger partial charge in [0.05, 0.1) is 9.26 Å². The molecule has 0 radical (unpaired) electrons. The molecule has 5 heteroatoms. The first-order chi connectivity index (χ1) is 9.07. The van der Waals surface area contributed by atoms with Crippen LogP contribution in [0, 0.1) is 3.57 Å². The molecule has 1 aliphatic carbocycles. The Morgan fingerprint density at radius 2 is 1.89 bits per heavy atom. The quantitative estimate of drug-likeness (QED) is 0.772. The lowest BCUT2D eigenvalue weighted by molar-refractivity contribution is -0.0572. The Morgan fingerprint density at radius 1 is 1.26 bits per heavy atom. The van der Waals surface area contributed by atoms with Crippen LogP contribution in [-0.4, -0.2) is 16.6 Å². The van der Waals surface area contributed by atoms with Gasteiger partial charge in [0.2, 0.25) is 0 Å². The standard InChI is InChI=1S/C14H22IN3O/c1-4-14(5-2,19-6-3)13-17-11(9-7-8-9)10(15)12(16)18-13/h9H,4-8H2,1-3H3,(H2,16,17,18). The van der Waals surface area contributed by atoms with Gasteiger partial charge in [0, 0.05) is 12.5 Å². The summed E-state index contributed by atoms with van der Waals surface area (Å²) in [4.78, 5) is 9.31. The van der Waals surface area contributed by atoms with Crippen LogP contribution in [0.2, 0.25) is 0 Å². The number of nitrogens with two attached hydrogens (primary N) is 1. The Labute approximate surface area is 128 Å². The molecular formula is C14H22IN3O. The minimum Gasteiger partial charge on any atom is -0.383 e. The maximum absolute atomic E-state index is 6.08. The SMILES string of the molecule is CCOC(CC)(CC)c1nc(N)c(I)c(C2CC2)n1. The molecule has 0 bridgehead atoms. The van der Waals surface area contributed by atoms with E-state index in [-0.39, 0.29) is 0 Å². The van der Waals surface area contributed by atoms with Crippen molar-refractivity contribution in [2.45, 2.75) is 58.0 Å². The number of nitrogens with zero attached hydrogens (tertiary/aromatic N) is 2. The van der Waals surface area contributed by atoms with Crippen LogP contribution in [0.3, 0.4) is 0 Å². The van der Waals surface area contributed by atoms with Crippen LogP contribution in [0.15, 0.2) is 0 Å². The van der Waals surface area contributed by atoms with E-state index in [0.29, 0.717) is 18.3 Å². The Balaban J connectivity index is 2.47. The molecule has 1 fully saturated rings. The molecule has 0 aromatic carbocycles. The highest BCUT2D eigenvalue weighted by Crippen LogP contribution is 2.43. The number of anilines is 1. The third-order valence-corrected chi connectivity index (χ3v) is 4.94. The number of nitrogen functional groups attached to an aromatic ring is 1. The molecular weight excluding hydrogens is 353 g/mol. The van der Waals surface area contributed by atoms with Gasteiger partial charge >= 0.3 is 0 Å². The van der Waals surface area contributed by atoms with Gasteiger partial charge in [0.15, 0.2) is 5.82 Å². The molecule has 106 valence electrons. The van der Waals surface area contributed by atoms with Crippen molar-refractivity contribution in [3.8, 4) is 0 Å². The smallest absolute Gasteiger partial charge is 0.162 e. The van der Waals surface area contributed by atoms with Crippen molar-refractivity contribution in [1.29, 1.82) is 0 Å². The van der Waals surface area contributed by atoms with E-state index in [4.69, 9.17) is 15.5 Å². The molecule has 2 rings (SSSR count). The number of ether oxygens (including phenoxy) is 1. The van der Waals surface area contributed by atoms with Crippen molar-refractivity contribution in [1.82, 2.24) is 9.97 Å². The summed E-state index contributed by atoms with van der Waals surface area (Å²) in [5.41, 5.74) is 6.80. The lowest BCUT2D eigenvalue weighted by atomic mass is 9.95. The van der Waals surface area contributed by atoms with E-state index in [1.807, 2.05) is 6.92 Å². The van der Waals surface area contributed by atoms with E-state index in [2.05, 4.69) is 41.4 Å². The molecule has 0 saturated heterocycles. The molecule has 0 unspecified atom stereocenters. The zero-order valence-corrected chi connectivity index (χ0v) is 14.0. The number of aromatic nitrogens is 2. The molecule has 2 N–H and O–H groups in total. The van der Waals surface area contributed by atoms with Gasteiger partial charge in [-0.3, -0.25) is 0 Å². The van der Waals surface area contributed by atoms with Gasteiger partial charge in [-0.15, -0.1) is 0 Å². The normalized spacial score (nSPS) is 15.8. The number of halogens is 1. The van der Waals surface area contributed by atoms with Crippen molar-refractivity contribution < 1.29 is 4.74 Å². The zero-order valence-electron chi connectivity index (χ0n) is 11.9. The zero-order chi connectivity index (χ0) is 14.0. The molecule has 1 aliphatic rings. The first-order valence-electron chi connectivity index (χ1n) is 7.05. The number of hydrogen-bond donors (Lipinski definition) is 1. The summed E-state index contributed by atoms with van der Waals surface area (Å²) in [6, 6.07) is 0. The van der Waals surface area contributed by atoms with E-state index >= 15 is 0 Å². The van der Waals surface area contributed by atoms with Crippen LogP contribution in [0.25, 0.3) is 0 Å². The van der Waals surface area contributed by atoms with Crippen molar-refractivity contribution in [2.24, 2.45) is 0 Å². The van der Waals surface area contributed by atoms with E-state index in [1.165, 1.54) is 12.8 Å². The maximum atomic E-state index is 6.08. The van der Waals surface area contributed by atoms with Gasteiger partial charge in [0.1, 0.15) is 11.4 Å². The molecule has 0 atom stereocenters. The van der Waals surface area contributed by atoms with Crippen molar-refractivity contribution >= 4 is 28.4 Å². The first kappa shape index (κ1) is 15.0. The fraction of sp³-hybridized carbons (Fsp3) is 0.714. The van der Waals surface area contributed by atoms with E-state index in [1.54, 1.807) is 0 Å². The molecule has 19 heavy (non-hydrogen) atoms. The predicted molar refractivity (Wildman–Crippen MR) is 85.0 cm³/mol. The number of rotatable bonds is 6. The van der Waals surface area contributed by atoms with Crippen molar-refractivity contribution in [2.75, 3.05) is 12.3 Å². The molecule has 0 spiro atoms. The van der Waals surface area contributed by atoms with Crippen LogP contribution in [0.4, 0.5) is 5.82 Å². The number of hydrogen-bond acceptors (Lipinski definition) is 4. The van der Waals surface area contributed by atoms with Crippen LogP contribution in [0.1, 0.15) is 63.9 Å². The fourth-order valence-corrected chi connectivity index (χ4v) is 3.11. The molecule has 4 nitrogen and oxygen atoms in total. The second-order valence-electron chi connectivity index (χ2n) is 5.04. The average Bonchev–Trinajstić information content (AvgIpc) is 3.23. The molecule has 0 amide bonds. The highest BCUT2D eigenvalue weighted by atomic mass is 127. The fourth-order valence-electron chi connectivity index (χ4n) is 2.42. The largest absolute Gasteiger partial charge is 0.383 e. The van der Waals surface area contributed by atoms with Crippen LogP contribution >= 0.6 is 22.6 Å². The van der Waals surface area contributed by atoms with Crippen molar-refractivity contribution in [3.05, 3.63) is 15.1 Å². The molecule has 0 aliphatic heterocycles. The Bertz CT molecular complexity index is 456. The Morgan fingerprint density at radius 3 is 2.37 bits per heavy atom. The van der Waals surface area contributed by atoms with Gasteiger partial charge in [-0.2, -0.15) is 0 Å². The lowest BCUT2D eigenvalue weighted by Crippen LogP contribution is -2.32. The second kappa shape index (κ2) is 5.91. The summed E-state index contributed by atoms with van der Waals surface area (Å²) < 4.78 is 7.00. The van der Waals surface area contributed by atoms with Crippen LogP contribution in [0.5, 0.6) is 0 Å². The maximum Gasteiger partial charge on any atom is 0.162 e. The van der Waals surface area contributed by atoms with Gasteiger partial charge in [-0.05, 0) is 55.2 Å². The van der Waals surface area contributed by atoms with Gasteiger partial charge in [0.25, 0.3) is 0 Å². The highest BCUT2D eigenvalue weighted by molar-refractivity contribution is 14.1. The minimum atomic E-state index is -0.392. The van der Waals surface area contributed by atoms with Crippen LogP contribution < -0.4 is 5.73 Å².